The highest BCUT2D eigenvalue weighted by Gasteiger charge is 2.15. The van der Waals surface area contributed by atoms with Crippen molar-refractivity contribution < 1.29 is 19.1 Å². The second-order valence-electron chi connectivity index (χ2n) is 5.36. The first-order valence-corrected chi connectivity index (χ1v) is 7.81. The van der Waals surface area contributed by atoms with E-state index in [0.717, 1.165) is 11.3 Å². The molecule has 0 aromatic heterocycles. The Hall–Kier alpha value is -2.82. The highest BCUT2D eigenvalue weighted by Crippen LogP contribution is 2.16. The van der Waals surface area contributed by atoms with Gasteiger partial charge in [-0.25, -0.2) is 4.79 Å². The fourth-order valence-corrected chi connectivity index (χ4v) is 2.02. The zero-order chi connectivity index (χ0) is 17.5. The molecule has 0 unspecified atom stereocenters. The molecule has 1 atom stereocenters. The summed E-state index contributed by atoms with van der Waals surface area (Å²) >= 11 is 0. The molecule has 0 fully saturated rings. The Morgan fingerprint density at radius 1 is 1.04 bits per heavy atom. The van der Waals surface area contributed by atoms with Gasteiger partial charge in [0, 0.05) is 5.69 Å². The summed E-state index contributed by atoms with van der Waals surface area (Å²) in [7, 11) is 0. The smallest absolute Gasteiger partial charge is 0.338 e. The topological polar surface area (TPSA) is 64.6 Å². The van der Waals surface area contributed by atoms with Gasteiger partial charge < -0.3 is 14.8 Å². The zero-order valence-electron chi connectivity index (χ0n) is 14.0. The van der Waals surface area contributed by atoms with Gasteiger partial charge in [-0.2, -0.15) is 0 Å². The maximum Gasteiger partial charge on any atom is 0.338 e. The van der Waals surface area contributed by atoms with E-state index < -0.39 is 6.10 Å². The predicted octanol–water partition coefficient (Wildman–Crippen LogP) is 3.58. The largest absolute Gasteiger partial charge is 0.481 e. The third kappa shape index (κ3) is 4.84. The van der Waals surface area contributed by atoms with Crippen molar-refractivity contribution in [2.24, 2.45) is 0 Å². The van der Waals surface area contributed by atoms with Gasteiger partial charge in [-0.3, -0.25) is 4.79 Å². The first kappa shape index (κ1) is 17.5. The Morgan fingerprint density at radius 3 is 2.25 bits per heavy atom. The molecule has 2 rings (SSSR count). The van der Waals surface area contributed by atoms with E-state index in [4.69, 9.17) is 9.47 Å². The molecule has 0 saturated heterocycles. The van der Waals surface area contributed by atoms with Crippen molar-refractivity contribution in [2.45, 2.75) is 26.9 Å². The van der Waals surface area contributed by atoms with Crippen molar-refractivity contribution in [1.29, 1.82) is 0 Å². The number of ether oxygens (including phenoxy) is 2. The van der Waals surface area contributed by atoms with E-state index in [9.17, 15) is 9.59 Å². The molecule has 0 radical (unpaired) electrons. The van der Waals surface area contributed by atoms with Crippen LogP contribution in [0.1, 0.15) is 29.8 Å². The van der Waals surface area contributed by atoms with Crippen molar-refractivity contribution in [3.8, 4) is 5.75 Å². The molecule has 5 nitrogen and oxygen atoms in total. The van der Waals surface area contributed by atoms with Crippen molar-refractivity contribution in [3.63, 3.8) is 0 Å². The number of carbonyl (C=O) groups is 2. The first-order valence-electron chi connectivity index (χ1n) is 7.81. The van der Waals surface area contributed by atoms with Crippen molar-refractivity contribution in [1.82, 2.24) is 0 Å². The van der Waals surface area contributed by atoms with Crippen LogP contribution in [0.5, 0.6) is 5.75 Å². The summed E-state index contributed by atoms with van der Waals surface area (Å²) < 4.78 is 10.5. The van der Waals surface area contributed by atoms with Crippen LogP contribution in [0.2, 0.25) is 0 Å². The van der Waals surface area contributed by atoms with E-state index in [1.165, 1.54) is 0 Å². The third-order valence-corrected chi connectivity index (χ3v) is 3.37. The summed E-state index contributed by atoms with van der Waals surface area (Å²) in [5, 5.41) is 2.80. The molecule has 1 amide bonds. The van der Waals surface area contributed by atoms with Gasteiger partial charge in [0.25, 0.3) is 5.91 Å². The minimum Gasteiger partial charge on any atom is -0.481 e. The van der Waals surface area contributed by atoms with E-state index in [2.05, 4.69) is 5.32 Å². The predicted molar refractivity (Wildman–Crippen MR) is 92.3 cm³/mol. The van der Waals surface area contributed by atoms with Crippen LogP contribution in [0.4, 0.5) is 5.69 Å². The molecule has 0 aliphatic heterocycles. The van der Waals surface area contributed by atoms with Gasteiger partial charge >= 0.3 is 5.97 Å². The number of anilines is 1. The summed E-state index contributed by atoms with van der Waals surface area (Å²) in [6, 6.07) is 14.0. The highest BCUT2D eigenvalue weighted by molar-refractivity contribution is 5.94. The van der Waals surface area contributed by atoms with Crippen LogP contribution >= 0.6 is 0 Å². The molecule has 0 aliphatic carbocycles. The van der Waals surface area contributed by atoms with Crippen molar-refractivity contribution >= 4 is 17.6 Å². The zero-order valence-corrected chi connectivity index (χ0v) is 14.0. The number of amides is 1. The maximum atomic E-state index is 12.2. The molecule has 2 aromatic carbocycles. The Kier molecular flexibility index (Phi) is 5.95. The van der Waals surface area contributed by atoms with Crippen LogP contribution in [-0.2, 0) is 9.53 Å². The Labute approximate surface area is 141 Å². The normalized spacial score (nSPS) is 11.5. The molecule has 2 aromatic rings. The van der Waals surface area contributed by atoms with Crippen LogP contribution in [0, 0.1) is 6.92 Å². The molecule has 0 heterocycles. The third-order valence-electron chi connectivity index (χ3n) is 3.37. The number of benzene rings is 2. The highest BCUT2D eigenvalue weighted by atomic mass is 16.5. The van der Waals surface area contributed by atoms with E-state index in [-0.39, 0.29) is 11.9 Å². The summed E-state index contributed by atoms with van der Waals surface area (Å²) in [5.41, 5.74) is 2.29. The quantitative estimate of drug-likeness (QED) is 0.824. The van der Waals surface area contributed by atoms with Crippen LogP contribution in [0.15, 0.2) is 48.5 Å². The van der Waals surface area contributed by atoms with Gasteiger partial charge in [-0.15, -0.1) is 0 Å². The van der Waals surface area contributed by atoms with Crippen LogP contribution in [0.25, 0.3) is 0 Å². The number of nitrogens with one attached hydrogen (secondary N) is 1. The standard InChI is InChI=1S/C19H21NO4/c1-4-23-19(22)15-7-11-17(12-8-15)24-14(3)18(21)20-16-9-5-13(2)6-10-16/h5-12,14H,4H2,1-3H3,(H,20,21)/t14-/m1/s1. The summed E-state index contributed by atoms with van der Waals surface area (Å²) in [6.07, 6.45) is -0.667. The second kappa shape index (κ2) is 8.15. The number of hydrogen-bond acceptors (Lipinski definition) is 4. The SMILES string of the molecule is CCOC(=O)c1ccc(O[C@H](C)C(=O)Nc2ccc(C)cc2)cc1. The molecule has 126 valence electrons. The Morgan fingerprint density at radius 2 is 1.67 bits per heavy atom. The number of rotatable bonds is 6. The Balaban J connectivity index is 1.93. The van der Waals surface area contributed by atoms with Crippen molar-refractivity contribution in [2.75, 3.05) is 11.9 Å². The molecular formula is C19H21NO4. The van der Waals surface area contributed by atoms with Gasteiger partial charge in [0.05, 0.1) is 12.2 Å². The lowest BCUT2D eigenvalue weighted by Crippen LogP contribution is -2.30. The summed E-state index contributed by atoms with van der Waals surface area (Å²) in [4.78, 5) is 23.7. The van der Waals surface area contributed by atoms with Crippen LogP contribution in [0.3, 0.4) is 0 Å². The average molecular weight is 327 g/mol. The molecule has 1 N–H and O–H groups in total. The van der Waals surface area contributed by atoms with E-state index in [0.29, 0.717) is 17.9 Å². The lowest BCUT2D eigenvalue weighted by molar-refractivity contribution is -0.122. The molecular weight excluding hydrogens is 306 g/mol. The van der Waals surface area contributed by atoms with Gasteiger partial charge in [-0.05, 0) is 57.2 Å². The van der Waals surface area contributed by atoms with Gasteiger partial charge in [0.2, 0.25) is 0 Å². The van der Waals surface area contributed by atoms with E-state index >= 15 is 0 Å². The summed E-state index contributed by atoms with van der Waals surface area (Å²) in [6.45, 7) is 5.73. The molecule has 0 bridgehead atoms. The van der Waals surface area contributed by atoms with Crippen molar-refractivity contribution in [3.05, 3.63) is 59.7 Å². The van der Waals surface area contributed by atoms with Gasteiger partial charge in [0.1, 0.15) is 5.75 Å². The number of carbonyl (C=O) groups excluding carboxylic acids is 2. The fourth-order valence-electron chi connectivity index (χ4n) is 2.02. The van der Waals surface area contributed by atoms with E-state index in [1.807, 2.05) is 31.2 Å². The van der Waals surface area contributed by atoms with Crippen LogP contribution in [-0.4, -0.2) is 24.6 Å². The number of hydrogen-bond donors (Lipinski definition) is 1. The van der Waals surface area contributed by atoms with E-state index in [1.54, 1.807) is 38.1 Å². The fraction of sp³-hybridized carbons (Fsp3) is 0.263. The van der Waals surface area contributed by atoms with Gasteiger partial charge in [0.15, 0.2) is 6.10 Å². The monoisotopic (exact) mass is 327 g/mol. The number of aryl methyl sites for hydroxylation is 1. The minimum atomic E-state index is -0.667. The Bertz CT molecular complexity index is 692. The average Bonchev–Trinajstić information content (AvgIpc) is 2.57. The lowest BCUT2D eigenvalue weighted by Gasteiger charge is -2.15. The second-order valence-corrected chi connectivity index (χ2v) is 5.36. The molecule has 0 aliphatic rings. The molecule has 0 saturated carbocycles. The summed E-state index contributed by atoms with van der Waals surface area (Å²) in [5.74, 6) is -0.114. The van der Waals surface area contributed by atoms with Crippen LogP contribution < -0.4 is 10.1 Å². The molecule has 0 spiro atoms. The van der Waals surface area contributed by atoms with Gasteiger partial charge in [-0.1, -0.05) is 17.7 Å². The minimum absolute atomic E-state index is 0.242. The maximum absolute atomic E-state index is 12.2. The first-order chi connectivity index (χ1) is 11.5. The number of esters is 1. The molecule has 24 heavy (non-hydrogen) atoms. The lowest BCUT2D eigenvalue weighted by atomic mass is 10.2. The molecule has 5 heteroatoms.